The summed E-state index contributed by atoms with van der Waals surface area (Å²) in [6.07, 6.45) is 2.06. The first-order valence-corrected chi connectivity index (χ1v) is 6.87. The van der Waals surface area contributed by atoms with E-state index < -0.39 is 5.97 Å². The highest BCUT2D eigenvalue weighted by Gasteiger charge is 2.36. The van der Waals surface area contributed by atoms with Crippen molar-refractivity contribution in [2.75, 3.05) is 0 Å². The topological polar surface area (TPSA) is 107 Å². The van der Waals surface area contributed by atoms with Crippen LogP contribution in [0.4, 0.5) is 0 Å². The number of carboxylic acid groups (broad SMARTS) is 1. The van der Waals surface area contributed by atoms with E-state index in [1.165, 1.54) is 0 Å². The Morgan fingerprint density at radius 3 is 2.81 bits per heavy atom. The number of hydrogen-bond donors (Lipinski definition) is 1. The van der Waals surface area contributed by atoms with Gasteiger partial charge in [-0.3, -0.25) is 4.79 Å². The molecule has 1 aliphatic rings. The Bertz CT molecular complexity index is 679. The first-order chi connectivity index (χ1) is 10.1. The lowest BCUT2D eigenvalue weighted by atomic mass is 10.1. The molecular formula is C13H16N6O2. The smallest absolute Gasteiger partial charge is 0.305 e. The van der Waals surface area contributed by atoms with Crippen LogP contribution < -0.4 is 0 Å². The molecule has 110 valence electrons. The van der Waals surface area contributed by atoms with Gasteiger partial charge in [0.15, 0.2) is 5.82 Å². The van der Waals surface area contributed by atoms with Crippen molar-refractivity contribution in [1.29, 1.82) is 0 Å². The number of carboxylic acids is 1. The lowest BCUT2D eigenvalue weighted by Crippen LogP contribution is -2.18. The molecule has 1 unspecified atom stereocenters. The molecule has 2 heterocycles. The van der Waals surface area contributed by atoms with Gasteiger partial charge in [0.1, 0.15) is 0 Å². The van der Waals surface area contributed by atoms with Crippen molar-refractivity contribution in [1.82, 2.24) is 30.4 Å². The van der Waals surface area contributed by atoms with Gasteiger partial charge in [-0.1, -0.05) is 0 Å². The average Bonchev–Trinajstić information content (AvgIpc) is 3.16. The van der Waals surface area contributed by atoms with Crippen LogP contribution in [0, 0.1) is 19.8 Å². The minimum atomic E-state index is -0.839. The van der Waals surface area contributed by atoms with Crippen LogP contribution >= 0.6 is 0 Å². The molecule has 0 aromatic carbocycles. The van der Waals surface area contributed by atoms with Gasteiger partial charge in [-0.05, 0) is 49.1 Å². The van der Waals surface area contributed by atoms with Gasteiger partial charge in [-0.25, -0.2) is 4.68 Å². The van der Waals surface area contributed by atoms with Crippen LogP contribution in [0.2, 0.25) is 0 Å². The van der Waals surface area contributed by atoms with E-state index in [0.717, 1.165) is 29.8 Å². The van der Waals surface area contributed by atoms with E-state index in [1.807, 2.05) is 19.9 Å². The Morgan fingerprint density at radius 1 is 1.38 bits per heavy atom. The Kier molecular flexibility index (Phi) is 3.36. The summed E-state index contributed by atoms with van der Waals surface area (Å²) >= 11 is 0. The molecule has 0 spiro atoms. The molecule has 0 bridgehead atoms. The molecule has 0 aliphatic heterocycles. The molecule has 3 rings (SSSR count). The van der Waals surface area contributed by atoms with E-state index in [4.69, 9.17) is 5.11 Å². The molecule has 1 aliphatic carbocycles. The summed E-state index contributed by atoms with van der Waals surface area (Å²) in [4.78, 5) is 11.1. The monoisotopic (exact) mass is 288 g/mol. The Hall–Kier alpha value is -2.38. The van der Waals surface area contributed by atoms with Gasteiger partial charge in [-0.2, -0.15) is 10.2 Å². The third-order valence-corrected chi connectivity index (χ3v) is 3.70. The fourth-order valence-corrected chi connectivity index (χ4v) is 2.48. The summed E-state index contributed by atoms with van der Waals surface area (Å²) < 4.78 is 1.63. The molecule has 1 fully saturated rings. The van der Waals surface area contributed by atoms with Crippen LogP contribution in [-0.2, 0) is 4.79 Å². The van der Waals surface area contributed by atoms with Crippen molar-refractivity contribution in [3.05, 3.63) is 17.5 Å². The molecule has 1 saturated carbocycles. The Morgan fingerprint density at radius 2 is 2.14 bits per heavy atom. The minimum Gasteiger partial charge on any atom is -0.481 e. The molecular weight excluding hydrogens is 272 g/mol. The van der Waals surface area contributed by atoms with Crippen LogP contribution in [0.3, 0.4) is 0 Å². The molecule has 1 N–H and O–H groups in total. The van der Waals surface area contributed by atoms with Crippen LogP contribution in [0.15, 0.2) is 6.07 Å². The van der Waals surface area contributed by atoms with Gasteiger partial charge in [0.05, 0.1) is 23.9 Å². The van der Waals surface area contributed by atoms with Gasteiger partial charge in [-0.15, -0.1) is 5.10 Å². The summed E-state index contributed by atoms with van der Waals surface area (Å²) in [6, 6.07) is 1.66. The second kappa shape index (κ2) is 5.19. The number of aromatic nitrogens is 6. The average molecular weight is 288 g/mol. The van der Waals surface area contributed by atoms with E-state index in [2.05, 4.69) is 25.7 Å². The number of aryl methyl sites for hydroxylation is 2. The van der Waals surface area contributed by atoms with E-state index >= 15 is 0 Å². The predicted octanol–water partition coefficient (Wildman–Crippen LogP) is 1.17. The third-order valence-electron chi connectivity index (χ3n) is 3.70. The zero-order chi connectivity index (χ0) is 15.0. The van der Waals surface area contributed by atoms with Gasteiger partial charge in [0, 0.05) is 5.56 Å². The standard InChI is InChI=1S/C13H16N6O2/c1-7-5-10(8(2)15-14-7)13-16-17-18-19(13)11(6-12(20)21)9-3-4-9/h5,9,11H,3-4,6H2,1-2H3,(H,20,21). The van der Waals surface area contributed by atoms with Crippen molar-refractivity contribution in [2.24, 2.45) is 5.92 Å². The lowest BCUT2D eigenvalue weighted by Gasteiger charge is -2.16. The van der Waals surface area contributed by atoms with Gasteiger partial charge >= 0.3 is 5.97 Å². The van der Waals surface area contributed by atoms with Crippen LogP contribution in [0.1, 0.15) is 36.7 Å². The van der Waals surface area contributed by atoms with E-state index in [1.54, 1.807) is 4.68 Å². The van der Waals surface area contributed by atoms with Gasteiger partial charge < -0.3 is 5.11 Å². The van der Waals surface area contributed by atoms with Gasteiger partial charge in [0.25, 0.3) is 0 Å². The predicted molar refractivity (Wildman–Crippen MR) is 72.3 cm³/mol. The number of carbonyl (C=O) groups is 1. The molecule has 0 saturated heterocycles. The number of hydrogen-bond acceptors (Lipinski definition) is 6. The van der Waals surface area contributed by atoms with E-state index in [-0.39, 0.29) is 12.5 Å². The Labute approximate surface area is 121 Å². The molecule has 8 heteroatoms. The number of nitrogens with zero attached hydrogens (tertiary/aromatic N) is 6. The first kappa shape index (κ1) is 13.6. The highest BCUT2D eigenvalue weighted by atomic mass is 16.4. The minimum absolute atomic E-state index is 0.0270. The SMILES string of the molecule is Cc1cc(-c2nnnn2C(CC(=O)O)C2CC2)c(C)nn1. The number of rotatable bonds is 5. The molecule has 1 atom stereocenters. The summed E-state index contributed by atoms with van der Waals surface area (Å²) in [6.45, 7) is 3.68. The van der Waals surface area contributed by atoms with Crippen molar-refractivity contribution in [3.63, 3.8) is 0 Å². The maximum atomic E-state index is 11.1. The second-order valence-corrected chi connectivity index (χ2v) is 5.43. The van der Waals surface area contributed by atoms with E-state index in [0.29, 0.717) is 11.7 Å². The molecule has 21 heavy (non-hydrogen) atoms. The lowest BCUT2D eigenvalue weighted by molar-refractivity contribution is -0.138. The number of aliphatic carboxylic acids is 1. The highest BCUT2D eigenvalue weighted by molar-refractivity contribution is 5.67. The zero-order valence-electron chi connectivity index (χ0n) is 11.9. The molecule has 8 nitrogen and oxygen atoms in total. The summed E-state index contributed by atoms with van der Waals surface area (Å²) in [5.41, 5.74) is 2.29. The fraction of sp³-hybridized carbons (Fsp3) is 0.538. The molecule has 2 aromatic heterocycles. The number of tetrazole rings is 1. The Balaban J connectivity index is 2.03. The van der Waals surface area contributed by atoms with Crippen molar-refractivity contribution in [3.8, 4) is 11.4 Å². The fourth-order valence-electron chi connectivity index (χ4n) is 2.48. The first-order valence-electron chi connectivity index (χ1n) is 6.87. The molecule has 0 radical (unpaired) electrons. The molecule has 2 aromatic rings. The van der Waals surface area contributed by atoms with E-state index in [9.17, 15) is 4.79 Å². The van der Waals surface area contributed by atoms with Crippen molar-refractivity contribution >= 4 is 5.97 Å². The quantitative estimate of drug-likeness (QED) is 0.880. The summed E-state index contributed by atoms with van der Waals surface area (Å²) in [7, 11) is 0. The maximum Gasteiger partial charge on any atom is 0.305 e. The zero-order valence-corrected chi connectivity index (χ0v) is 11.9. The molecule has 0 amide bonds. The van der Waals surface area contributed by atoms with Gasteiger partial charge in [0.2, 0.25) is 0 Å². The van der Waals surface area contributed by atoms with Crippen LogP contribution in [-0.4, -0.2) is 41.5 Å². The highest BCUT2D eigenvalue weighted by Crippen LogP contribution is 2.42. The third kappa shape index (κ3) is 2.74. The van der Waals surface area contributed by atoms with Crippen LogP contribution in [0.25, 0.3) is 11.4 Å². The summed E-state index contributed by atoms with van der Waals surface area (Å²) in [5, 5.41) is 29.0. The maximum absolute atomic E-state index is 11.1. The normalized spacial score (nSPS) is 15.9. The summed E-state index contributed by atoms with van der Waals surface area (Å²) in [5.74, 6) is 0.0531. The second-order valence-electron chi connectivity index (χ2n) is 5.43. The van der Waals surface area contributed by atoms with Crippen molar-refractivity contribution < 1.29 is 9.90 Å². The van der Waals surface area contributed by atoms with Crippen molar-refractivity contribution in [2.45, 2.75) is 39.2 Å². The van der Waals surface area contributed by atoms with Crippen LogP contribution in [0.5, 0.6) is 0 Å². The largest absolute Gasteiger partial charge is 0.481 e.